The van der Waals surface area contributed by atoms with E-state index in [1.165, 1.54) is 4.52 Å². The first-order valence-electron chi connectivity index (χ1n) is 13.5. The summed E-state index contributed by atoms with van der Waals surface area (Å²) in [6.07, 6.45) is 5.03. The van der Waals surface area contributed by atoms with E-state index in [1.54, 1.807) is 16.4 Å². The number of rotatable bonds is 6. The Bertz CT molecular complexity index is 1390. The van der Waals surface area contributed by atoms with Crippen molar-refractivity contribution in [3.8, 4) is 0 Å². The Morgan fingerprint density at radius 1 is 1.23 bits per heavy atom. The molecule has 39 heavy (non-hydrogen) atoms. The highest BCUT2D eigenvalue weighted by Gasteiger charge is 2.40. The van der Waals surface area contributed by atoms with E-state index in [0.29, 0.717) is 56.1 Å². The summed E-state index contributed by atoms with van der Waals surface area (Å²) in [4.78, 5) is 45.8. The summed E-state index contributed by atoms with van der Waals surface area (Å²) in [6.45, 7) is 14.6. The Morgan fingerprint density at radius 3 is 2.59 bits per heavy atom. The quantitative estimate of drug-likeness (QED) is 0.509. The number of hydrogen-bond acceptors (Lipinski definition) is 8. The molecule has 212 valence electrons. The molecule has 0 bridgehead atoms. The van der Waals surface area contributed by atoms with Gasteiger partial charge in [-0.05, 0) is 78.0 Å². The number of nitrogens with zero attached hydrogens (tertiary/aromatic N) is 5. The first-order chi connectivity index (χ1) is 18.3. The lowest BCUT2D eigenvalue weighted by molar-refractivity contribution is -0.143. The SMILES string of the molecule is CCOC(=O)Cn1c(CC)c(/C=C2/CN(C(=O)OC(C)(C)C)C(C)(C)C2)c(=O)n2nc(C3=CCOCC3)nc12. The zero-order chi connectivity index (χ0) is 28.5. The van der Waals surface area contributed by atoms with E-state index in [4.69, 9.17) is 14.2 Å². The standard InChI is InChI=1S/C28H39N5O6/c1-8-21-20(14-18-15-28(6,7)32(16-18)26(36)39-27(3,4)5)24(35)33-25(31(21)17-22(34)38-9-2)29-23(30-33)19-10-12-37-13-11-19/h10,14H,8-9,11-13,15-17H2,1-7H3/b18-14+. The van der Waals surface area contributed by atoms with Gasteiger partial charge >= 0.3 is 12.1 Å². The van der Waals surface area contributed by atoms with Crippen LogP contribution >= 0.6 is 0 Å². The molecule has 1 amide bonds. The van der Waals surface area contributed by atoms with Gasteiger partial charge in [0.2, 0.25) is 5.78 Å². The van der Waals surface area contributed by atoms with E-state index in [2.05, 4.69) is 10.1 Å². The summed E-state index contributed by atoms with van der Waals surface area (Å²) in [6, 6.07) is 0. The number of aromatic nitrogens is 4. The molecule has 11 heteroatoms. The molecule has 1 saturated heterocycles. The number of esters is 1. The summed E-state index contributed by atoms with van der Waals surface area (Å²) in [5.74, 6) is 0.304. The minimum atomic E-state index is -0.619. The van der Waals surface area contributed by atoms with Gasteiger partial charge in [0.15, 0.2) is 5.82 Å². The van der Waals surface area contributed by atoms with Gasteiger partial charge in [-0.2, -0.15) is 9.50 Å². The molecule has 1 fully saturated rings. The predicted octanol–water partition coefficient (Wildman–Crippen LogP) is 3.62. The molecule has 0 aliphatic carbocycles. The van der Waals surface area contributed by atoms with Crippen molar-refractivity contribution in [1.82, 2.24) is 24.1 Å². The fraction of sp³-hybridized carbons (Fsp3) is 0.607. The zero-order valence-corrected chi connectivity index (χ0v) is 24.0. The molecule has 4 rings (SSSR count). The monoisotopic (exact) mass is 541 g/mol. The normalized spacial score (nSPS) is 18.5. The first kappa shape index (κ1) is 28.5. The molecule has 0 radical (unpaired) electrons. The lowest BCUT2D eigenvalue weighted by atomic mass is 9.98. The van der Waals surface area contributed by atoms with Crippen molar-refractivity contribution < 1.29 is 23.8 Å². The number of amides is 1. The van der Waals surface area contributed by atoms with Crippen molar-refractivity contribution in [2.45, 2.75) is 85.4 Å². The molecule has 0 saturated carbocycles. The van der Waals surface area contributed by atoms with Crippen molar-refractivity contribution in [3.05, 3.63) is 39.1 Å². The van der Waals surface area contributed by atoms with Crippen LogP contribution in [0.15, 0.2) is 16.4 Å². The second-order valence-electron chi connectivity index (χ2n) is 11.5. The second-order valence-corrected chi connectivity index (χ2v) is 11.5. The topological polar surface area (TPSA) is 117 Å². The van der Waals surface area contributed by atoms with Gasteiger partial charge < -0.3 is 18.8 Å². The maximum absolute atomic E-state index is 13.9. The van der Waals surface area contributed by atoms with Crippen LogP contribution in [-0.2, 0) is 32.0 Å². The van der Waals surface area contributed by atoms with E-state index in [9.17, 15) is 14.4 Å². The number of hydrogen-bond donors (Lipinski definition) is 0. The van der Waals surface area contributed by atoms with Crippen LogP contribution in [0.5, 0.6) is 0 Å². The van der Waals surface area contributed by atoms with Crippen LogP contribution in [0, 0.1) is 0 Å². The van der Waals surface area contributed by atoms with Gasteiger partial charge in [-0.3, -0.25) is 14.5 Å². The lowest BCUT2D eigenvalue weighted by Crippen LogP contribution is -2.45. The van der Waals surface area contributed by atoms with E-state index in [-0.39, 0.29) is 24.5 Å². The Morgan fingerprint density at radius 2 is 1.97 bits per heavy atom. The highest BCUT2D eigenvalue weighted by Crippen LogP contribution is 2.34. The molecule has 2 aromatic rings. The fourth-order valence-electron chi connectivity index (χ4n) is 5.07. The first-order valence-corrected chi connectivity index (χ1v) is 13.5. The third-order valence-electron chi connectivity index (χ3n) is 6.78. The molecule has 2 aromatic heterocycles. The van der Waals surface area contributed by atoms with Gasteiger partial charge in [0.1, 0.15) is 12.1 Å². The van der Waals surface area contributed by atoms with E-state index in [0.717, 1.165) is 11.1 Å². The third kappa shape index (κ3) is 6.08. The molecule has 4 heterocycles. The molecular formula is C28H39N5O6. The summed E-state index contributed by atoms with van der Waals surface area (Å²) in [5.41, 5.74) is 1.44. The average molecular weight is 542 g/mol. The number of ether oxygens (including phenoxy) is 3. The van der Waals surface area contributed by atoms with E-state index >= 15 is 0 Å². The number of carbonyl (C=O) groups is 2. The van der Waals surface area contributed by atoms with Crippen LogP contribution in [0.1, 0.15) is 78.4 Å². The third-order valence-corrected chi connectivity index (χ3v) is 6.78. The zero-order valence-electron chi connectivity index (χ0n) is 24.0. The lowest BCUT2D eigenvalue weighted by Gasteiger charge is -2.33. The second kappa shape index (κ2) is 11.0. The number of likely N-dealkylation sites (tertiary alicyclic amines) is 1. The molecule has 0 spiro atoms. The predicted molar refractivity (Wildman–Crippen MR) is 146 cm³/mol. The highest BCUT2D eigenvalue weighted by atomic mass is 16.6. The summed E-state index contributed by atoms with van der Waals surface area (Å²) in [7, 11) is 0. The van der Waals surface area contributed by atoms with Gasteiger partial charge in [0.05, 0.1) is 25.4 Å². The maximum Gasteiger partial charge on any atom is 0.411 e. The van der Waals surface area contributed by atoms with Gasteiger partial charge in [0, 0.05) is 17.8 Å². The average Bonchev–Trinajstić information content (AvgIpc) is 3.43. The number of fused-ring (bicyclic) bond motifs is 1. The molecular weight excluding hydrogens is 502 g/mol. The minimum Gasteiger partial charge on any atom is -0.465 e. The molecule has 0 atom stereocenters. The maximum atomic E-state index is 13.9. The molecule has 0 aromatic carbocycles. The Hall–Kier alpha value is -3.47. The Labute approximate surface area is 228 Å². The molecule has 2 aliphatic heterocycles. The van der Waals surface area contributed by atoms with Crippen molar-refractivity contribution in [1.29, 1.82) is 0 Å². The Kier molecular flexibility index (Phi) is 8.02. The molecule has 0 unspecified atom stereocenters. The largest absolute Gasteiger partial charge is 0.465 e. The Balaban J connectivity index is 1.84. The van der Waals surface area contributed by atoms with E-state index < -0.39 is 23.2 Å². The summed E-state index contributed by atoms with van der Waals surface area (Å²) >= 11 is 0. The number of carbonyl (C=O) groups excluding carboxylic acids is 2. The van der Waals surface area contributed by atoms with Gasteiger partial charge in [-0.1, -0.05) is 13.0 Å². The van der Waals surface area contributed by atoms with Gasteiger partial charge in [-0.15, -0.1) is 5.10 Å². The van der Waals surface area contributed by atoms with Crippen molar-refractivity contribution in [2.75, 3.05) is 26.4 Å². The smallest absolute Gasteiger partial charge is 0.411 e. The van der Waals surface area contributed by atoms with Crippen LogP contribution in [0.4, 0.5) is 4.79 Å². The van der Waals surface area contributed by atoms with E-state index in [1.807, 2.05) is 53.7 Å². The van der Waals surface area contributed by atoms with Crippen molar-refractivity contribution >= 4 is 29.5 Å². The molecule has 2 aliphatic rings. The van der Waals surface area contributed by atoms with Crippen molar-refractivity contribution in [2.24, 2.45) is 0 Å². The fourth-order valence-corrected chi connectivity index (χ4v) is 5.07. The van der Waals surface area contributed by atoms with Crippen LogP contribution in [0.3, 0.4) is 0 Å². The highest BCUT2D eigenvalue weighted by molar-refractivity contribution is 5.73. The minimum absolute atomic E-state index is 0.104. The summed E-state index contributed by atoms with van der Waals surface area (Å²) in [5, 5.41) is 4.56. The molecule has 0 N–H and O–H groups in total. The van der Waals surface area contributed by atoms with Crippen LogP contribution in [0.2, 0.25) is 0 Å². The molecule has 11 nitrogen and oxygen atoms in total. The van der Waals surface area contributed by atoms with Crippen LogP contribution in [-0.4, -0.2) is 73.6 Å². The van der Waals surface area contributed by atoms with Crippen molar-refractivity contribution in [3.63, 3.8) is 0 Å². The van der Waals surface area contributed by atoms with Crippen LogP contribution in [0.25, 0.3) is 17.4 Å². The van der Waals surface area contributed by atoms with Gasteiger partial charge in [0.25, 0.3) is 5.56 Å². The van der Waals surface area contributed by atoms with Crippen LogP contribution < -0.4 is 5.56 Å². The summed E-state index contributed by atoms with van der Waals surface area (Å²) < 4.78 is 19.3. The van der Waals surface area contributed by atoms with Gasteiger partial charge in [-0.25, -0.2) is 4.79 Å².